The number of aliphatic hydroxyl groups is 1. The molecule has 0 aliphatic heterocycles. The zero-order valence-electron chi connectivity index (χ0n) is 10.4. The van der Waals surface area contributed by atoms with Crippen LogP contribution >= 0.6 is 11.6 Å². The minimum Gasteiger partial charge on any atom is -0.513 e. The van der Waals surface area contributed by atoms with E-state index in [9.17, 15) is 4.79 Å². The van der Waals surface area contributed by atoms with E-state index in [1.165, 1.54) is 0 Å². The largest absolute Gasteiger partial charge is 0.513 e. The molecular formula is C15H11ClN2O2. The summed E-state index contributed by atoms with van der Waals surface area (Å²) in [4.78, 5) is 12.1. The molecule has 4 nitrogen and oxygen atoms in total. The molecule has 0 spiro atoms. The lowest BCUT2D eigenvalue weighted by Gasteiger charge is -2.00. The molecule has 0 radical (unpaired) electrons. The summed E-state index contributed by atoms with van der Waals surface area (Å²) in [6.07, 6.45) is 0.642. The van der Waals surface area contributed by atoms with Gasteiger partial charge in [-0.15, -0.1) is 5.11 Å². The fourth-order valence-corrected chi connectivity index (χ4v) is 1.61. The molecule has 0 aromatic heterocycles. The van der Waals surface area contributed by atoms with Crippen LogP contribution in [0.5, 0.6) is 0 Å². The predicted molar refractivity (Wildman–Crippen MR) is 77.5 cm³/mol. The van der Waals surface area contributed by atoms with Gasteiger partial charge in [-0.3, -0.25) is 4.79 Å². The fourth-order valence-electron chi connectivity index (χ4n) is 1.49. The van der Waals surface area contributed by atoms with E-state index in [1.807, 2.05) is 6.07 Å². The molecule has 5 heteroatoms. The van der Waals surface area contributed by atoms with Crippen molar-refractivity contribution in [3.63, 3.8) is 0 Å². The number of halogens is 1. The van der Waals surface area contributed by atoms with Gasteiger partial charge in [0.2, 0.25) is 5.78 Å². The highest BCUT2D eigenvalue weighted by Gasteiger charge is 2.12. The van der Waals surface area contributed by atoms with E-state index >= 15 is 0 Å². The molecule has 0 amide bonds. The van der Waals surface area contributed by atoms with E-state index in [0.717, 1.165) is 0 Å². The molecule has 2 aromatic carbocycles. The summed E-state index contributed by atoms with van der Waals surface area (Å²) in [5, 5.41) is 17.3. The van der Waals surface area contributed by atoms with Gasteiger partial charge in [0.1, 0.15) is 6.26 Å². The van der Waals surface area contributed by atoms with E-state index in [-0.39, 0.29) is 5.70 Å². The van der Waals surface area contributed by atoms with Crippen LogP contribution in [0.2, 0.25) is 5.02 Å². The Bertz CT molecular complexity index is 649. The van der Waals surface area contributed by atoms with Crippen molar-refractivity contribution in [3.8, 4) is 0 Å². The normalized spacial score (nSPS) is 11.8. The summed E-state index contributed by atoms with van der Waals surface area (Å²) in [5.41, 5.74) is 0.827. The molecule has 0 fully saturated rings. The summed E-state index contributed by atoms with van der Waals surface area (Å²) in [6, 6.07) is 15.3. The van der Waals surface area contributed by atoms with Gasteiger partial charge < -0.3 is 5.11 Å². The van der Waals surface area contributed by atoms with E-state index in [1.54, 1.807) is 48.5 Å². The lowest BCUT2D eigenvalue weighted by Crippen LogP contribution is -2.01. The Hall–Kier alpha value is -2.46. The quantitative estimate of drug-likeness (QED) is 0.383. The van der Waals surface area contributed by atoms with Crippen LogP contribution in [0.1, 0.15) is 10.4 Å². The van der Waals surface area contributed by atoms with Crippen molar-refractivity contribution >= 4 is 23.1 Å². The van der Waals surface area contributed by atoms with Gasteiger partial charge in [-0.2, -0.15) is 5.11 Å². The van der Waals surface area contributed by atoms with Crippen molar-refractivity contribution in [2.45, 2.75) is 0 Å². The van der Waals surface area contributed by atoms with Crippen LogP contribution < -0.4 is 0 Å². The number of benzene rings is 2. The Balaban J connectivity index is 2.19. The second kappa shape index (κ2) is 6.63. The van der Waals surface area contributed by atoms with Crippen LogP contribution in [0.25, 0.3) is 0 Å². The molecule has 0 heterocycles. The standard InChI is InChI=1S/C15H11ClN2O2/c16-12-8-6-11(7-9-12)15(20)14(10-19)18-17-13-4-2-1-3-5-13/h1-10,19H. The summed E-state index contributed by atoms with van der Waals surface area (Å²) < 4.78 is 0. The first-order valence-electron chi connectivity index (χ1n) is 5.82. The van der Waals surface area contributed by atoms with Crippen molar-refractivity contribution in [2.75, 3.05) is 0 Å². The number of hydrogen-bond acceptors (Lipinski definition) is 4. The molecular weight excluding hydrogens is 276 g/mol. The minimum absolute atomic E-state index is 0.142. The van der Waals surface area contributed by atoms with Gasteiger partial charge in [0.25, 0.3) is 0 Å². The van der Waals surface area contributed by atoms with Gasteiger partial charge in [0, 0.05) is 10.6 Å². The summed E-state index contributed by atoms with van der Waals surface area (Å²) in [5.74, 6) is -0.427. The maximum absolute atomic E-state index is 12.1. The lowest BCUT2D eigenvalue weighted by atomic mass is 10.1. The Kier molecular flexibility index (Phi) is 4.63. The molecule has 2 rings (SSSR count). The van der Waals surface area contributed by atoms with Crippen LogP contribution in [0.15, 0.2) is 76.8 Å². The molecule has 0 bridgehead atoms. The van der Waals surface area contributed by atoms with Crippen LogP contribution in [0.4, 0.5) is 5.69 Å². The number of hydrogen-bond donors (Lipinski definition) is 1. The zero-order chi connectivity index (χ0) is 14.4. The number of ketones is 1. The Morgan fingerprint density at radius 1 is 1.05 bits per heavy atom. The summed E-state index contributed by atoms with van der Waals surface area (Å²) >= 11 is 5.75. The second-order valence-corrected chi connectivity index (χ2v) is 4.32. The topological polar surface area (TPSA) is 62.0 Å². The van der Waals surface area contributed by atoms with Gasteiger partial charge in [-0.05, 0) is 36.4 Å². The van der Waals surface area contributed by atoms with Crippen molar-refractivity contribution < 1.29 is 9.90 Å². The van der Waals surface area contributed by atoms with E-state index < -0.39 is 5.78 Å². The highest BCUT2D eigenvalue weighted by molar-refractivity contribution is 6.30. The van der Waals surface area contributed by atoms with Crippen LogP contribution in [-0.4, -0.2) is 10.9 Å². The summed E-state index contributed by atoms with van der Waals surface area (Å²) in [6.45, 7) is 0. The number of rotatable bonds is 4. The molecule has 1 N–H and O–H groups in total. The van der Waals surface area contributed by atoms with Crippen LogP contribution in [-0.2, 0) is 0 Å². The average molecular weight is 287 g/mol. The Morgan fingerprint density at radius 2 is 1.70 bits per heavy atom. The number of carbonyl (C=O) groups is 1. The minimum atomic E-state index is -0.427. The van der Waals surface area contributed by atoms with Crippen molar-refractivity contribution in [1.29, 1.82) is 0 Å². The third-order valence-corrected chi connectivity index (χ3v) is 2.74. The first kappa shape index (κ1) is 14.0. The van der Waals surface area contributed by atoms with Crippen molar-refractivity contribution in [1.82, 2.24) is 0 Å². The molecule has 100 valence electrons. The number of allylic oxidation sites excluding steroid dienone is 1. The number of Topliss-reactive ketones (excluding diaryl/α,β-unsaturated/α-hetero) is 1. The molecule has 0 aliphatic carbocycles. The molecule has 0 saturated heterocycles. The smallest absolute Gasteiger partial charge is 0.216 e. The zero-order valence-corrected chi connectivity index (χ0v) is 11.2. The predicted octanol–water partition coefficient (Wildman–Crippen LogP) is 4.71. The van der Waals surface area contributed by atoms with E-state index in [2.05, 4.69) is 10.2 Å². The summed E-state index contributed by atoms with van der Waals surface area (Å²) in [7, 11) is 0. The molecule has 0 unspecified atom stereocenters. The second-order valence-electron chi connectivity index (χ2n) is 3.89. The van der Waals surface area contributed by atoms with Gasteiger partial charge in [0.15, 0.2) is 5.70 Å². The number of nitrogens with zero attached hydrogens (tertiary/aromatic N) is 2. The van der Waals surface area contributed by atoms with Crippen molar-refractivity contribution in [2.24, 2.45) is 10.2 Å². The third-order valence-electron chi connectivity index (χ3n) is 2.49. The van der Waals surface area contributed by atoms with Crippen LogP contribution in [0, 0.1) is 0 Å². The average Bonchev–Trinajstić information content (AvgIpc) is 2.49. The Labute approximate surface area is 121 Å². The van der Waals surface area contributed by atoms with E-state index in [4.69, 9.17) is 16.7 Å². The molecule has 0 aliphatic rings. The maximum Gasteiger partial charge on any atom is 0.216 e. The molecule has 0 saturated carbocycles. The maximum atomic E-state index is 12.1. The first-order valence-corrected chi connectivity index (χ1v) is 6.20. The third kappa shape index (κ3) is 3.52. The molecule has 2 aromatic rings. The van der Waals surface area contributed by atoms with Gasteiger partial charge in [-0.1, -0.05) is 29.8 Å². The van der Waals surface area contributed by atoms with Crippen LogP contribution in [0.3, 0.4) is 0 Å². The van der Waals surface area contributed by atoms with Gasteiger partial charge >= 0.3 is 0 Å². The highest BCUT2D eigenvalue weighted by atomic mass is 35.5. The van der Waals surface area contributed by atoms with E-state index in [0.29, 0.717) is 22.5 Å². The number of azo groups is 1. The first-order chi connectivity index (χ1) is 9.70. The Morgan fingerprint density at radius 3 is 2.30 bits per heavy atom. The molecule has 0 atom stereocenters. The van der Waals surface area contributed by atoms with Gasteiger partial charge in [0.05, 0.1) is 5.69 Å². The van der Waals surface area contributed by atoms with Gasteiger partial charge in [-0.25, -0.2) is 0 Å². The SMILES string of the molecule is O=C(C(=CO)N=Nc1ccccc1)c1ccc(Cl)cc1. The monoisotopic (exact) mass is 286 g/mol. The highest BCUT2D eigenvalue weighted by Crippen LogP contribution is 2.16. The van der Waals surface area contributed by atoms with Crippen molar-refractivity contribution in [3.05, 3.63) is 77.1 Å². The number of carbonyl (C=O) groups excluding carboxylic acids is 1. The molecule has 20 heavy (non-hydrogen) atoms. The number of aliphatic hydroxyl groups excluding tert-OH is 1. The fraction of sp³-hybridized carbons (Fsp3) is 0. The lowest BCUT2D eigenvalue weighted by molar-refractivity contribution is 0.102.